The summed E-state index contributed by atoms with van der Waals surface area (Å²) < 4.78 is 38.8. The lowest BCUT2D eigenvalue weighted by Gasteiger charge is -2.26. The van der Waals surface area contributed by atoms with Gasteiger partial charge in [-0.25, -0.2) is 8.42 Å². The second kappa shape index (κ2) is 10.6. The molecule has 0 aliphatic heterocycles. The van der Waals surface area contributed by atoms with Gasteiger partial charge in [0.25, 0.3) is 10.0 Å². The minimum atomic E-state index is -4.03. The highest BCUT2D eigenvalue weighted by atomic mass is 32.2. The van der Waals surface area contributed by atoms with E-state index >= 15 is 0 Å². The third kappa shape index (κ3) is 5.51. The Morgan fingerprint density at radius 1 is 0.941 bits per heavy atom. The summed E-state index contributed by atoms with van der Waals surface area (Å²) in [6.07, 6.45) is 0. The second-order valence-corrected chi connectivity index (χ2v) is 9.88. The predicted molar refractivity (Wildman–Crippen MR) is 133 cm³/mol. The topological polar surface area (TPSA) is 84.9 Å². The summed E-state index contributed by atoms with van der Waals surface area (Å²) in [5.74, 6) is 0.386. The third-order valence-electron chi connectivity index (χ3n) is 5.55. The minimum Gasteiger partial charge on any atom is -0.493 e. The zero-order chi connectivity index (χ0) is 24.9. The normalized spacial score (nSPS) is 12.0. The Bertz CT molecular complexity index is 1260. The van der Waals surface area contributed by atoms with E-state index in [1.54, 1.807) is 36.4 Å². The van der Waals surface area contributed by atoms with E-state index in [0.29, 0.717) is 11.5 Å². The van der Waals surface area contributed by atoms with Crippen molar-refractivity contribution in [1.82, 2.24) is 5.32 Å². The van der Waals surface area contributed by atoms with Gasteiger partial charge in [0.2, 0.25) is 5.91 Å². The fourth-order valence-corrected chi connectivity index (χ4v) is 5.17. The second-order valence-electron chi connectivity index (χ2n) is 8.01. The Labute approximate surface area is 201 Å². The molecule has 0 aliphatic carbocycles. The Kier molecular flexibility index (Phi) is 7.83. The molecule has 0 saturated heterocycles. The number of carbonyl (C=O) groups excluding carboxylic acids is 1. The van der Waals surface area contributed by atoms with E-state index in [4.69, 9.17) is 9.47 Å². The summed E-state index contributed by atoms with van der Waals surface area (Å²) in [5, 5.41) is 2.94. The first-order valence-electron chi connectivity index (χ1n) is 10.8. The van der Waals surface area contributed by atoms with Gasteiger partial charge in [0.05, 0.1) is 30.8 Å². The van der Waals surface area contributed by atoms with Crippen molar-refractivity contribution in [2.75, 3.05) is 25.1 Å². The van der Waals surface area contributed by atoms with Crippen LogP contribution in [0.4, 0.5) is 5.69 Å². The number of sulfonamides is 1. The maximum Gasteiger partial charge on any atom is 0.264 e. The highest BCUT2D eigenvalue weighted by molar-refractivity contribution is 7.92. The van der Waals surface area contributed by atoms with Gasteiger partial charge in [0, 0.05) is 6.07 Å². The van der Waals surface area contributed by atoms with E-state index in [1.807, 2.05) is 39.0 Å². The first-order valence-corrected chi connectivity index (χ1v) is 12.3. The number of hydrogen-bond donors (Lipinski definition) is 1. The van der Waals surface area contributed by atoms with Crippen LogP contribution in [0.2, 0.25) is 0 Å². The molecule has 0 bridgehead atoms. The molecule has 7 nitrogen and oxygen atoms in total. The Hall–Kier alpha value is -3.52. The minimum absolute atomic E-state index is 0.0835. The van der Waals surface area contributed by atoms with Crippen molar-refractivity contribution in [3.05, 3.63) is 83.4 Å². The number of carbonyl (C=O) groups is 1. The molecule has 3 aromatic carbocycles. The number of methoxy groups -OCH3 is 2. The lowest BCUT2D eigenvalue weighted by atomic mass is 10.00. The number of nitrogens with one attached hydrogen (secondary N) is 1. The fourth-order valence-electron chi connectivity index (χ4n) is 3.74. The van der Waals surface area contributed by atoms with Crippen molar-refractivity contribution in [1.29, 1.82) is 0 Å². The fraction of sp³-hybridized carbons (Fsp3) is 0.269. The number of amides is 1. The van der Waals surface area contributed by atoms with Crippen LogP contribution in [0.1, 0.15) is 29.7 Å². The molecule has 1 amide bonds. The van der Waals surface area contributed by atoms with Crippen LogP contribution in [0.5, 0.6) is 11.5 Å². The zero-order valence-electron chi connectivity index (χ0n) is 20.0. The highest BCUT2D eigenvalue weighted by Crippen LogP contribution is 2.33. The maximum atomic E-state index is 13.6. The SMILES string of the molecule is COc1ccc(N(CC(=O)NC(C)c2cc(C)ccc2C)S(=O)(=O)c2ccccc2)cc1OC. The van der Waals surface area contributed by atoms with Crippen molar-refractivity contribution in [2.45, 2.75) is 31.7 Å². The van der Waals surface area contributed by atoms with Gasteiger partial charge >= 0.3 is 0 Å². The Balaban J connectivity index is 1.96. The Morgan fingerprint density at radius 2 is 1.62 bits per heavy atom. The van der Waals surface area contributed by atoms with Gasteiger partial charge in [-0.3, -0.25) is 9.10 Å². The number of anilines is 1. The molecule has 0 spiro atoms. The van der Waals surface area contributed by atoms with Crippen LogP contribution in [-0.4, -0.2) is 35.1 Å². The van der Waals surface area contributed by atoms with Crippen molar-refractivity contribution >= 4 is 21.6 Å². The average Bonchev–Trinajstić information content (AvgIpc) is 2.84. The van der Waals surface area contributed by atoms with E-state index < -0.39 is 22.5 Å². The van der Waals surface area contributed by atoms with Crippen LogP contribution in [0.3, 0.4) is 0 Å². The summed E-state index contributed by atoms with van der Waals surface area (Å²) in [6, 6.07) is 18.5. The molecule has 0 aromatic heterocycles. The molecular formula is C26H30N2O5S. The molecule has 3 aromatic rings. The number of nitrogens with zero attached hydrogens (tertiary/aromatic N) is 1. The number of aryl methyl sites for hydroxylation is 2. The van der Waals surface area contributed by atoms with Crippen LogP contribution in [-0.2, 0) is 14.8 Å². The van der Waals surface area contributed by atoms with E-state index in [1.165, 1.54) is 26.4 Å². The monoisotopic (exact) mass is 482 g/mol. The van der Waals surface area contributed by atoms with Gasteiger partial charge in [0.15, 0.2) is 11.5 Å². The van der Waals surface area contributed by atoms with Gasteiger partial charge in [-0.1, -0.05) is 42.0 Å². The summed E-state index contributed by atoms with van der Waals surface area (Å²) >= 11 is 0. The molecular weight excluding hydrogens is 452 g/mol. The maximum absolute atomic E-state index is 13.6. The van der Waals surface area contributed by atoms with Crippen molar-refractivity contribution < 1.29 is 22.7 Å². The van der Waals surface area contributed by atoms with Crippen molar-refractivity contribution in [3.63, 3.8) is 0 Å². The molecule has 1 atom stereocenters. The van der Waals surface area contributed by atoms with Crippen LogP contribution >= 0.6 is 0 Å². The summed E-state index contributed by atoms with van der Waals surface area (Å²) in [4.78, 5) is 13.2. The summed E-state index contributed by atoms with van der Waals surface area (Å²) in [7, 11) is -1.07. The molecule has 0 fully saturated rings. The number of benzene rings is 3. The van der Waals surface area contributed by atoms with Crippen LogP contribution < -0.4 is 19.1 Å². The van der Waals surface area contributed by atoms with E-state index in [9.17, 15) is 13.2 Å². The molecule has 0 saturated carbocycles. The van der Waals surface area contributed by atoms with Gasteiger partial charge < -0.3 is 14.8 Å². The number of rotatable bonds is 9. The van der Waals surface area contributed by atoms with Crippen molar-refractivity contribution in [2.24, 2.45) is 0 Å². The van der Waals surface area contributed by atoms with Crippen LogP contribution in [0.25, 0.3) is 0 Å². The van der Waals surface area contributed by atoms with Crippen LogP contribution in [0, 0.1) is 13.8 Å². The smallest absolute Gasteiger partial charge is 0.264 e. The molecule has 0 aliphatic rings. The quantitative estimate of drug-likeness (QED) is 0.489. The van der Waals surface area contributed by atoms with Gasteiger partial charge in [-0.2, -0.15) is 0 Å². The van der Waals surface area contributed by atoms with Gasteiger partial charge in [0.1, 0.15) is 6.54 Å². The molecule has 1 N–H and O–H groups in total. The standard InChI is InChI=1S/C26H30N2O5S/c1-18-11-12-19(2)23(15-18)20(3)27-26(29)17-28(34(30,31)22-9-7-6-8-10-22)21-13-14-24(32-4)25(16-21)33-5/h6-16,20H,17H2,1-5H3,(H,27,29). The largest absolute Gasteiger partial charge is 0.493 e. The lowest BCUT2D eigenvalue weighted by molar-refractivity contribution is -0.120. The van der Waals surface area contributed by atoms with Gasteiger partial charge in [-0.05, 0) is 56.2 Å². The van der Waals surface area contributed by atoms with Gasteiger partial charge in [-0.15, -0.1) is 0 Å². The molecule has 0 heterocycles. The Morgan fingerprint density at radius 3 is 2.26 bits per heavy atom. The zero-order valence-corrected chi connectivity index (χ0v) is 20.8. The molecule has 180 valence electrons. The highest BCUT2D eigenvalue weighted by Gasteiger charge is 2.28. The molecule has 0 radical (unpaired) electrons. The van der Waals surface area contributed by atoms with Crippen LogP contribution in [0.15, 0.2) is 71.6 Å². The number of ether oxygens (including phenoxy) is 2. The summed E-state index contributed by atoms with van der Waals surface area (Å²) in [6.45, 7) is 5.45. The summed E-state index contributed by atoms with van der Waals surface area (Å²) in [5.41, 5.74) is 3.40. The third-order valence-corrected chi connectivity index (χ3v) is 7.34. The molecule has 8 heteroatoms. The van der Waals surface area contributed by atoms with E-state index in [0.717, 1.165) is 21.0 Å². The molecule has 3 rings (SSSR count). The first kappa shape index (κ1) is 25.1. The lowest BCUT2D eigenvalue weighted by Crippen LogP contribution is -2.41. The molecule has 1 unspecified atom stereocenters. The molecule has 34 heavy (non-hydrogen) atoms. The van der Waals surface area contributed by atoms with E-state index in [2.05, 4.69) is 5.32 Å². The van der Waals surface area contributed by atoms with E-state index in [-0.39, 0.29) is 16.6 Å². The average molecular weight is 483 g/mol. The van der Waals surface area contributed by atoms with Crippen molar-refractivity contribution in [3.8, 4) is 11.5 Å². The number of hydrogen-bond acceptors (Lipinski definition) is 5. The predicted octanol–water partition coefficient (Wildman–Crippen LogP) is 4.39. The first-order chi connectivity index (χ1) is 16.2.